The van der Waals surface area contributed by atoms with Crippen LogP contribution in [0.3, 0.4) is 0 Å². The van der Waals surface area contributed by atoms with Crippen molar-refractivity contribution in [2.75, 3.05) is 5.32 Å². The number of H-pyrrole nitrogens is 1. The maximum absolute atomic E-state index is 4.74. The molecule has 0 unspecified atom stereocenters. The van der Waals surface area contributed by atoms with Crippen molar-refractivity contribution >= 4 is 22.4 Å². The molecule has 0 saturated carbocycles. The Morgan fingerprint density at radius 3 is 2.68 bits per heavy atom. The Kier molecular flexibility index (Phi) is 3.69. The van der Waals surface area contributed by atoms with Crippen molar-refractivity contribution < 1.29 is 0 Å². The van der Waals surface area contributed by atoms with Crippen LogP contribution in [0.2, 0.25) is 0 Å². The highest BCUT2D eigenvalue weighted by molar-refractivity contribution is 5.84. The second-order valence-corrected chi connectivity index (χ2v) is 6.34. The molecule has 0 amide bonds. The van der Waals surface area contributed by atoms with Gasteiger partial charge in [-0.25, -0.2) is 9.97 Å². The molecule has 0 spiro atoms. The number of anilines is 2. The Morgan fingerprint density at radius 2 is 1.84 bits per heavy atom. The third kappa shape index (κ3) is 2.96. The number of nitrogens with zero attached hydrogens (tertiary/aromatic N) is 3. The number of benzene rings is 2. The molecule has 5 nitrogen and oxygen atoms in total. The van der Waals surface area contributed by atoms with Gasteiger partial charge in [-0.15, -0.1) is 0 Å². The third-order valence-electron chi connectivity index (χ3n) is 4.29. The number of aromatic nitrogens is 4. The fourth-order valence-electron chi connectivity index (χ4n) is 2.85. The van der Waals surface area contributed by atoms with E-state index in [0.717, 1.165) is 44.9 Å². The number of fused-ring (bicyclic) bond motifs is 1. The number of hydrogen-bond acceptors (Lipinski definition) is 4. The van der Waals surface area contributed by atoms with Crippen molar-refractivity contribution in [3.05, 3.63) is 65.5 Å². The minimum Gasteiger partial charge on any atom is -0.340 e. The zero-order valence-electron chi connectivity index (χ0n) is 14.5. The second-order valence-electron chi connectivity index (χ2n) is 6.34. The van der Waals surface area contributed by atoms with Gasteiger partial charge < -0.3 is 5.32 Å². The molecule has 0 aliphatic heterocycles. The number of aromatic amines is 1. The summed E-state index contributed by atoms with van der Waals surface area (Å²) in [5, 5.41) is 11.6. The lowest BCUT2D eigenvalue weighted by atomic mass is 10.1. The van der Waals surface area contributed by atoms with Crippen molar-refractivity contribution in [3.8, 4) is 11.4 Å². The summed E-state index contributed by atoms with van der Waals surface area (Å²) in [6.45, 7) is 6.15. The van der Waals surface area contributed by atoms with Crippen molar-refractivity contribution in [2.45, 2.75) is 20.8 Å². The molecule has 0 radical (unpaired) electrons. The summed E-state index contributed by atoms with van der Waals surface area (Å²) in [5.74, 6) is 1.54. The maximum Gasteiger partial charge on any atom is 0.161 e. The number of hydrogen-bond donors (Lipinski definition) is 2. The van der Waals surface area contributed by atoms with Gasteiger partial charge in [-0.2, -0.15) is 5.10 Å². The van der Waals surface area contributed by atoms with Gasteiger partial charge in [0, 0.05) is 28.4 Å². The van der Waals surface area contributed by atoms with Crippen molar-refractivity contribution in [2.24, 2.45) is 0 Å². The summed E-state index contributed by atoms with van der Waals surface area (Å²) in [5.41, 5.74) is 6.39. The van der Waals surface area contributed by atoms with Crippen molar-refractivity contribution in [1.82, 2.24) is 20.2 Å². The van der Waals surface area contributed by atoms with E-state index in [0.29, 0.717) is 0 Å². The molecule has 2 N–H and O–H groups in total. The average molecular weight is 329 g/mol. The lowest BCUT2D eigenvalue weighted by Gasteiger charge is -2.12. The van der Waals surface area contributed by atoms with Gasteiger partial charge in [0.15, 0.2) is 5.82 Å². The molecule has 4 aromatic rings. The smallest absolute Gasteiger partial charge is 0.161 e. The predicted octanol–water partition coefficient (Wildman–Crippen LogP) is 4.69. The van der Waals surface area contributed by atoms with E-state index in [1.807, 2.05) is 31.5 Å². The maximum atomic E-state index is 4.74. The van der Waals surface area contributed by atoms with Crippen molar-refractivity contribution in [3.63, 3.8) is 0 Å². The first kappa shape index (κ1) is 15.3. The molecule has 2 heterocycles. The first-order chi connectivity index (χ1) is 12.1. The van der Waals surface area contributed by atoms with E-state index in [-0.39, 0.29) is 0 Å². The van der Waals surface area contributed by atoms with Crippen LogP contribution in [0.15, 0.2) is 48.8 Å². The summed E-state index contributed by atoms with van der Waals surface area (Å²) in [4.78, 5) is 9.23. The third-order valence-corrected chi connectivity index (χ3v) is 4.29. The molecule has 0 saturated heterocycles. The summed E-state index contributed by atoms with van der Waals surface area (Å²) in [6, 6.07) is 12.4. The molecule has 4 rings (SSSR count). The molecule has 5 heteroatoms. The minimum absolute atomic E-state index is 0.721. The molecule has 0 atom stereocenters. The largest absolute Gasteiger partial charge is 0.340 e. The van der Waals surface area contributed by atoms with Gasteiger partial charge in [0.2, 0.25) is 0 Å². The van der Waals surface area contributed by atoms with E-state index in [9.17, 15) is 0 Å². The van der Waals surface area contributed by atoms with Crippen LogP contribution in [-0.2, 0) is 0 Å². The fourth-order valence-corrected chi connectivity index (χ4v) is 2.85. The van der Waals surface area contributed by atoms with Crippen molar-refractivity contribution in [1.29, 1.82) is 0 Å². The first-order valence-corrected chi connectivity index (χ1v) is 8.21. The number of aryl methyl sites for hydroxylation is 3. The zero-order valence-corrected chi connectivity index (χ0v) is 14.5. The normalized spacial score (nSPS) is 11.0. The lowest BCUT2D eigenvalue weighted by Crippen LogP contribution is -2.01. The monoisotopic (exact) mass is 329 g/mol. The van der Waals surface area contributed by atoms with E-state index in [4.69, 9.17) is 4.98 Å². The van der Waals surface area contributed by atoms with Crippen LogP contribution in [0.4, 0.5) is 11.5 Å². The summed E-state index contributed by atoms with van der Waals surface area (Å²) < 4.78 is 0. The van der Waals surface area contributed by atoms with Crippen LogP contribution < -0.4 is 5.32 Å². The summed E-state index contributed by atoms with van der Waals surface area (Å²) >= 11 is 0. The molecule has 2 aromatic carbocycles. The molecule has 0 fully saturated rings. The fraction of sp³-hybridized carbons (Fsp3) is 0.150. The highest BCUT2D eigenvalue weighted by Crippen LogP contribution is 2.27. The zero-order chi connectivity index (χ0) is 17.4. The number of nitrogens with one attached hydrogen (secondary N) is 2. The average Bonchev–Trinajstić information content (AvgIpc) is 3.04. The Balaban J connectivity index is 1.74. The van der Waals surface area contributed by atoms with Gasteiger partial charge in [0.05, 0.1) is 11.7 Å². The van der Waals surface area contributed by atoms with Crippen LogP contribution in [0.25, 0.3) is 22.3 Å². The summed E-state index contributed by atoms with van der Waals surface area (Å²) in [7, 11) is 0. The lowest BCUT2D eigenvalue weighted by molar-refractivity contribution is 1.12. The van der Waals surface area contributed by atoms with Crippen LogP contribution in [-0.4, -0.2) is 20.2 Å². The number of rotatable bonds is 3. The summed E-state index contributed by atoms with van der Waals surface area (Å²) in [6.07, 6.45) is 3.68. The van der Waals surface area contributed by atoms with Gasteiger partial charge in [-0.3, -0.25) is 5.10 Å². The molecule has 0 bridgehead atoms. The Labute approximate surface area is 146 Å². The van der Waals surface area contributed by atoms with Gasteiger partial charge in [-0.05, 0) is 44.5 Å². The van der Waals surface area contributed by atoms with E-state index < -0.39 is 0 Å². The molecular formula is C20H19N5. The van der Waals surface area contributed by atoms with Crippen LogP contribution in [0.1, 0.15) is 16.7 Å². The first-order valence-electron chi connectivity index (χ1n) is 8.21. The Hall–Kier alpha value is -3.21. The van der Waals surface area contributed by atoms with Gasteiger partial charge in [0.1, 0.15) is 5.82 Å². The Morgan fingerprint density at radius 1 is 0.960 bits per heavy atom. The minimum atomic E-state index is 0.721. The quantitative estimate of drug-likeness (QED) is 0.572. The molecule has 2 aromatic heterocycles. The van der Waals surface area contributed by atoms with Gasteiger partial charge in [0.25, 0.3) is 0 Å². The topological polar surface area (TPSA) is 66.5 Å². The highest BCUT2D eigenvalue weighted by Gasteiger charge is 2.09. The van der Waals surface area contributed by atoms with Crippen LogP contribution in [0, 0.1) is 20.8 Å². The van der Waals surface area contributed by atoms with E-state index in [1.165, 1.54) is 5.56 Å². The van der Waals surface area contributed by atoms with Gasteiger partial charge in [-0.1, -0.05) is 23.8 Å². The second kappa shape index (κ2) is 6.02. The van der Waals surface area contributed by atoms with E-state index in [2.05, 4.69) is 58.6 Å². The standard InChI is InChI=1S/C20H19N5/c1-12-5-4-6-15(7-12)20-21-10-14(3)19(24-20)23-17-9-16-11-22-25-18(16)8-13(17)2/h4-11H,1-3H3,(H,22,25)(H,21,23,24). The SMILES string of the molecule is Cc1cccc(-c2ncc(C)c(Nc3cc4cn[nH]c4cc3C)n2)c1. The van der Waals surface area contributed by atoms with Gasteiger partial charge >= 0.3 is 0 Å². The van der Waals surface area contributed by atoms with Crippen LogP contribution >= 0.6 is 0 Å². The van der Waals surface area contributed by atoms with E-state index >= 15 is 0 Å². The highest BCUT2D eigenvalue weighted by atomic mass is 15.1. The molecule has 0 aliphatic carbocycles. The van der Waals surface area contributed by atoms with Crippen LogP contribution in [0.5, 0.6) is 0 Å². The predicted molar refractivity (Wildman–Crippen MR) is 101 cm³/mol. The van der Waals surface area contributed by atoms with E-state index in [1.54, 1.807) is 0 Å². The molecule has 25 heavy (non-hydrogen) atoms. The Bertz CT molecular complexity index is 1060. The molecular weight excluding hydrogens is 310 g/mol. The molecule has 124 valence electrons. The molecule has 0 aliphatic rings.